The molecule has 0 saturated heterocycles. The van der Waals surface area contributed by atoms with Crippen LogP contribution in [0.3, 0.4) is 0 Å². The summed E-state index contributed by atoms with van der Waals surface area (Å²) in [4.78, 5) is 0. The maximum absolute atomic E-state index is 12.8. The lowest BCUT2D eigenvalue weighted by atomic mass is 10.1. The summed E-state index contributed by atoms with van der Waals surface area (Å²) in [6, 6.07) is 9.13. The van der Waals surface area contributed by atoms with Crippen LogP contribution in [0, 0.1) is 6.92 Å². The summed E-state index contributed by atoms with van der Waals surface area (Å²) in [6.07, 6.45) is 1.91. The van der Waals surface area contributed by atoms with Crippen molar-refractivity contribution in [2.24, 2.45) is 0 Å². The van der Waals surface area contributed by atoms with E-state index in [1.54, 1.807) is 31.7 Å². The molecule has 0 fully saturated rings. The highest BCUT2D eigenvalue weighted by atomic mass is 32.2. The number of sulfonamides is 1. The first kappa shape index (κ1) is 16.0. The molecule has 0 atom stereocenters. The zero-order valence-electron chi connectivity index (χ0n) is 13.2. The fourth-order valence-electron chi connectivity index (χ4n) is 2.62. The van der Waals surface area contributed by atoms with Crippen molar-refractivity contribution in [2.45, 2.75) is 17.9 Å². The van der Waals surface area contributed by atoms with Crippen LogP contribution in [0.2, 0.25) is 0 Å². The smallest absolute Gasteiger partial charge is 0.273 e. The molecular weight excluding hydrogens is 332 g/mol. The maximum atomic E-state index is 12.8. The molecule has 3 rings (SSSR count). The molecule has 7 heteroatoms. The Bertz CT molecular complexity index is 928. The highest BCUT2D eigenvalue weighted by Gasteiger charge is 2.25. The number of benzene rings is 1. The zero-order chi connectivity index (χ0) is 16.6. The first-order chi connectivity index (χ1) is 11.0. The quantitative estimate of drug-likeness (QED) is 0.708. The van der Waals surface area contributed by atoms with Crippen LogP contribution >= 0.6 is 11.3 Å². The Kier molecular flexibility index (Phi) is 4.18. The second kappa shape index (κ2) is 5.99. The van der Waals surface area contributed by atoms with E-state index in [0.29, 0.717) is 16.6 Å². The van der Waals surface area contributed by atoms with Crippen LogP contribution in [-0.4, -0.2) is 27.1 Å². The van der Waals surface area contributed by atoms with Gasteiger partial charge in [0.05, 0.1) is 11.2 Å². The Hall–Kier alpha value is -1.83. The molecule has 0 spiro atoms. The molecule has 2 heterocycles. The van der Waals surface area contributed by atoms with Crippen molar-refractivity contribution in [1.29, 1.82) is 0 Å². The standard InChI is InChI=1S/C16H18N2O3S2/c1-12-6-7-14(16-13(12)8-9-18(16)11-21-3)17(2)23(19,20)15-5-4-10-22-15/h4-10H,11H2,1-3H3. The molecule has 0 unspecified atom stereocenters. The SMILES string of the molecule is COCn1ccc2c(C)ccc(N(C)S(=O)(=O)c3cccs3)c21. The van der Waals surface area contributed by atoms with Crippen LogP contribution in [0.25, 0.3) is 10.9 Å². The highest BCUT2D eigenvalue weighted by molar-refractivity contribution is 7.94. The molecule has 1 aromatic carbocycles. The number of aryl methyl sites for hydroxylation is 1. The highest BCUT2D eigenvalue weighted by Crippen LogP contribution is 2.33. The van der Waals surface area contributed by atoms with E-state index in [0.717, 1.165) is 16.5 Å². The second-order valence-corrected chi connectivity index (χ2v) is 8.42. The van der Waals surface area contributed by atoms with Crippen LogP contribution in [0.4, 0.5) is 5.69 Å². The van der Waals surface area contributed by atoms with Gasteiger partial charge in [0.1, 0.15) is 10.9 Å². The Morgan fingerprint density at radius 2 is 2.04 bits per heavy atom. The minimum Gasteiger partial charge on any atom is -0.364 e. The maximum Gasteiger partial charge on any atom is 0.273 e. The average Bonchev–Trinajstić information content (AvgIpc) is 3.18. The lowest BCUT2D eigenvalue weighted by Gasteiger charge is -2.21. The molecule has 0 amide bonds. The van der Waals surface area contributed by atoms with Crippen molar-refractivity contribution in [2.75, 3.05) is 18.5 Å². The second-order valence-electron chi connectivity index (χ2n) is 5.27. The lowest BCUT2D eigenvalue weighted by molar-refractivity contribution is 0.135. The topological polar surface area (TPSA) is 51.5 Å². The van der Waals surface area contributed by atoms with Crippen LogP contribution in [0.5, 0.6) is 0 Å². The van der Waals surface area contributed by atoms with Crippen molar-refractivity contribution in [3.8, 4) is 0 Å². The van der Waals surface area contributed by atoms with E-state index in [2.05, 4.69) is 0 Å². The number of aromatic nitrogens is 1. The Labute approximate surface area is 139 Å². The summed E-state index contributed by atoms with van der Waals surface area (Å²) in [7, 11) is -0.360. The molecule has 0 radical (unpaired) electrons. The summed E-state index contributed by atoms with van der Waals surface area (Å²) >= 11 is 1.22. The molecule has 0 aliphatic heterocycles. The minimum atomic E-state index is -3.56. The molecule has 2 aromatic heterocycles. The Morgan fingerprint density at radius 1 is 1.26 bits per heavy atom. The third kappa shape index (κ3) is 2.65. The van der Waals surface area contributed by atoms with Gasteiger partial charge in [-0.15, -0.1) is 11.3 Å². The van der Waals surface area contributed by atoms with Gasteiger partial charge in [-0.25, -0.2) is 8.42 Å². The van der Waals surface area contributed by atoms with Gasteiger partial charge < -0.3 is 9.30 Å². The van der Waals surface area contributed by atoms with E-state index in [4.69, 9.17) is 4.74 Å². The monoisotopic (exact) mass is 350 g/mol. The van der Waals surface area contributed by atoms with E-state index < -0.39 is 10.0 Å². The third-order valence-electron chi connectivity index (χ3n) is 3.84. The van der Waals surface area contributed by atoms with Crippen LogP contribution < -0.4 is 4.31 Å². The number of fused-ring (bicyclic) bond motifs is 1. The molecular formula is C16H18N2O3S2. The average molecular weight is 350 g/mol. The van der Waals surface area contributed by atoms with E-state index in [1.165, 1.54) is 15.6 Å². The van der Waals surface area contributed by atoms with E-state index in [9.17, 15) is 8.42 Å². The fraction of sp³-hybridized carbons (Fsp3) is 0.250. The van der Waals surface area contributed by atoms with Crippen LogP contribution in [-0.2, 0) is 21.5 Å². The number of ether oxygens (including phenoxy) is 1. The summed E-state index contributed by atoms with van der Waals surface area (Å²) in [5, 5.41) is 2.78. The molecule has 0 aliphatic rings. The summed E-state index contributed by atoms with van der Waals surface area (Å²) in [5.41, 5.74) is 2.59. The Balaban J connectivity index is 2.20. The van der Waals surface area contributed by atoms with Crippen LogP contribution in [0.15, 0.2) is 46.1 Å². The molecule has 23 heavy (non-hydrogen) atoms. The van der Waals surface area contributed by atoms with Crippen LogP contribution in [0.1, 0.15) is 5.56 Å². The van der Waals surface area contributed by atoms with Crippen molar-refractivity contribution >= 4 is 38.0 Å². The predicted molar refractivity (Wildman–Crippen MR) is 93.6 cm³/mol. The van der Waals surface area contributed by atoms with Crippen molar-refractivity contribution in [3.05, 3.63) is 47.5 Å². The first-order valence-electron chi connectivity index (χ1n) is 7.06. The van der Waals surface area contributed by atoms with E-state index in [-0.39, 0.29) is 0 Å². The summed E-state index contributed by atoms with van der Waals surface area (Å²) in [5.74, 6) is 0. The minimum absolute atomic E-state index is 0.332. The molecule has 5 nitrogen and oxygen atoms in total. The largest absolute Gasteiger partial charge is 0.364 e. The van der Waals surface area contributed by atoms with Gasteiger partial charge in [0, 0.05) is 25.7 Å². The van der Waals surface area contributed by atoms with Gasteiger partial charge in [0.2, 0.25) is 0 Å². The molecule has 0 N–H and O–H groups in total. The molecule has 3 aromatic rings. The van der Waals surface area contributed by atoms with Gasteiger partial charge >= 0.3 is 0 Å². The predicted octanol–water partition coefficient (Wildman–Crippen LogP) is 3.44. The number of methoxy groups -OCH3 is 1. The summed E-state index contributed by atoms with van der Waals surface area (Å²) in [6.45, 7) is 2.38. The number of thiophene rings is 1. The fourth-order valence-corrected chi connectivity index (χ4v) is 4.99. The lowest BCUT2D eigenvalue weighted by Crippen LogP contribution is -2.26. The zero-order valence-corrected chi connectivity index (χ0v) is 14.8. The molecule has 0 aliphatic carbocycles. The number of anilines is 1. The number of hydrogen-bond donors (Lipinski definition) is 0. The first-order valence-corrected chi connectivity index (χ1v) is 9.38. The van der Waals surface area contributed by atoms with Gasteiger partial charge in [-0.1, -0.05) is 12.1 Å². The van der Waals surface area contributed by atoms with Gasteiger partial charge in [0.15, 0.2) is 0 Å². The van der Waals surface area contributed by atoms with Crippen molar-refractivity contribution in [1.82, 2.24) is 4.57 Å². The van der Waals surface area contributed by atoms with Crippen molar-refractivity contribution in [3.63, 3.8) is 0 Å². The number of rotatable bonds is 5. The van der Waals surface area contributed by atoms with Gasteiger partial charge in [-0.05, 0) is 36.1 Å². The molecule has 0 bridgehead atoms. The molecule has 122 valence electrons. The molecule has 0 saturated carbocycles. The Morgan fingerprint density at radius 3 is 2.70 bits per heavy atom. The van der Waals surface area contributed by atoms with E-state index >= 15 is 0 Å². The van der Waals surface area contributed by atoms with E-state index in [1.807, 2.05) is 35.9 Å². The number of hydrogen-bond acceptors (Lipinski definition) is 4. The van der Waals surface area contributed by atoms with Gasteiger partial charge in [0.25, 0.3) is 10.0 Å². The number of nitrogens with zero attached hydrogens (tertiary/aromatic N) is 2. The van der Waals surface area contributed by atoms with Gasteiger partial charge in [-0.3, -0.25) is 4.31 Å². The van der Waals surface area contributed by atoms with Gasteiger partial charge in [-0.2, -0.15) is 0 Å². The summed E-state index contributed by atoms with van der Waals surface area (Å²) < 4.78 is 34.4. The normalized spacial score (nSPS) is 12.0. The van der Waals surface area contributed by atoms with Crippen molar-refractivity contribution < 1.29 is 13.2 Å². The third-order valence-corrected chi connectivity index (χ3v) is 6.98.